The van der Waals surface area contributed by atoms with Gasteiger partial charge >= 0.3 is 0 Å². The molecule has 2 heterocycles. The highest BCUT2D eigenvalue weighted by atomic mass is 32.2. The van der Waals surface area contributed by atoms with Crippen LogP contribution in [0.5, 0.6) is 0 Å². The molecule has 0 saturated carbocycles. The fourth-order valence-corrected chi connectivity index (χ4v) is 3.95. The van der Waals surface area contributed by atoms with Crippen molar-refractivity contribution < 1.29 is 13.2 Å². The maximum atomic E-state index is 12.3. The molecule has 1 aliphatic rings. The number of nitrogens with zero attached hydrogens (tertiary/aromatic N) is 2. The fourth-order valence-electron chi connectivity index (χ4n) is 2.44. The zero-order valence-corrected chi connectivity index (χ0v) is 14.6. The second-order valence-electron chi connectivity index (χ2n) is 5.85. The molecule has 0 aliphatic carbocycles. The first kappa shape index (κ1) is 18.3. The van der Waals surface area contributed by atoms with E-state index in [0.29, 0.717) is 19.7 Å². The Morgan fingerprint density at radius 3 is 2.96 bits per heavy atom. The second-order valence-corrected chi connectivity index (χ2v) is 7.56. The molecule has 1 aliphatic heterocycles. The highest BCUT2D eigenvalue weighted by Crippen LogP contribution is 2.14. The van der Waals surface area contributed by atoms with Crippen LogP contribution in [-0.2, 0) is 21.5 Å². The van der Waals surface area contributed by atoms with Crippen molar-refractivity contribution in [3.63, 3.8) is 0 Å². The zero-order valence-electron chi connectivity index (χ0n) is 13.7. The van der Waals surface area contributed by atoms with Gasteiger partial charge in [0.05, 0.1) is 12.7 Å². The van der Waals surface area contributed by atoms with Gasteiger partial charge in [-0.25, -0.2) is 4.72 Å². The third-order valence-electron chi connectivity index (χ3n) is 3.73. The third-order valence-corrected chi connectivity index (χ3v) is 5.42. The predicted molar refractivity (Wildman–Crippen MR) is 89.1 cm³/mol. The molecule has 23 heavy (non-hydrogen) atoms. The Bertz CT molecular complexity index is 567. The van der Waals surface area contributed by atoms with Crippen LogP contribution in [0.4, 0.5) is 0 Å². The minimum absolute atomic E-state index is 0.0658. The number of pyridine rings is 1. The molecule has 7 nitrogen and oxygen atoms in total. The molecule has 1 aromatic rings. The summed E-state index contributed by atoms with van der Waals surface area (Å²) in [5, 5.41) is 3.27. The Balaban J connectivity index is 1.66. The normalized spacial score (nSPS) is 23.0. The Hall–Kier alpha value is -1.06. The number of morpholine rings is 1. The minimum Gasteiger partial charge on any atom is -0.375 e. The average Bonchev–Trinajstić information content (AvgIpc) is 2.54. The Labute approximate surface area is 138 Å². The predicted octanol–water partition coefficient (Wildman–Crippen LogP) is 0.505. The van der Waals surface area contributed by atoms with E-state index in [1.54, 1.807) is 6.20 Å². The van der Waals surface area contributed by atoms with Crippen molar-refractivity contribution in [2.24, 2.45) is 0 Å². The van der Waals surface area contributed by atoms with Gasteiger partial charge in [0, 0.05) is 38.1 Å². The van der Waals surface area contributed by atoms with Crippen LogP contribution >= 0.6 is 0 Å². The van der Waals surface area contributed by atoms with Gasteiger partial charge in [-0.2, -0.15) is 12.7 Å². The van der Waals surface area contributed by atoms with E-state index in [1.807, 2.05) is 32.2 Å². The van der Waals surface area contributed by atoms with Gasteiger partial charge in [-0.3, -0.25) is 4.98 Å². The van der Waals surface area contributed by atoms with Crippen LogP contribution in [0, 0.1) is 0 Å². The molecule has 8 heteroatoms. The Morgan fingerprint density at radius 2 is 2.22 bits per heavy atom. The van der Waals surface area contributed by atoms with Gasteiger partial charge in [-0.05, 0) is 38.4 Å². The molecule has 1 fully saturated rings. The lowest BCUT2D eigenvalue weighted by Gasteiger charge is -2.35. The van der Waals surface area contributed by atoms with Gasteiger partial charge in [0.1, 0.15) is 0 Å². The Morgan fingerprint density at radius 1 is 1.39 bits per heavy atom. The molecule has 0 aromatic carbocycles. The summed E-state index contributed by atoms with van der Waals surface area (Å²) >= 11 is 0. The van der Waals surface area contributed by atoms with Gasteiger partial charge < -0.3 is 10.1 Å². The smallest absolute Gasteiger partial charge is 0.279 e. The van der Waals surface area contributed by atoms with Crippen LogP contribution in [0.15, 0.2) is 24.5 Å². The molecule has 0 bridgehead atoms. The number of nitrogens with one attached hydrogen (secondary N) is 2. The number of hydrogen-bond donors (Lipinski definition) is 2. The van der Waals surface area contributed by atoms with Crippen LogP contribution in [0.2, 0.25) is 0 Å². The Kier molecular flexibility index (Phi) is 6.91. The number of hydrogen-bond acceptors (Lipinski definition) is 5. The van der Waals surface area contributed by atoms with Gasteiger partial charge in [0.25, 0.3) is 10.2 Å². The van der Waals surface area contributed by atoms with Crippen molar-refractivity contribution in [1.29, 1.82) is 0 Å². The van der Waals surface area contributed by atoms with Crippen molar-refractivity contribution >= 4 is 10.2 Å². The van der Waals surface area contributed by atoms with E-state index >= 15 is 0 Å². The SMILES string of the molecule is C[C@@H]1CO[C@@H](C)CN1S(=O)(=O)NCCCNCc1cccnc1. The van der Waals surface area contributed by atoms with Crippen LogP contribution in [-0.4, -0.2) is 56.1 Å². The van der Waals surface area contributed by atoms with Crippen molar-refractivity contribution in [3.8, 4) is 0 Å². The van der Waals surface area contributed by atoms with Gasteiger partial charge in [0.15, 0.2) is 0 Å². The van der Waals surface area contributed by atoms with Crippen molar-refractivity contribution in [2.75, 3.05) is 26.2 Å². The van der Waals surface area contributed by atoms with Gasteiger partial charge in [0.2, 0.25) is 0 Å². The summed E-state index contributed by atoms with van der Waals surface area (Å²) in [6.07, 6.45) is 4.22. The van der Waals surface area contributed by atoms with E-state index in [0.717, 1.165) is 25.1 Å². The molecule has 1 saturated heterocycles. The summed E-state index contributed by atoms with van der Waals surface area (Å²) in [6, 6.07) is 3.77. The molecule has 0 unspecified atom stereocenters. The molecular weight excluding hydrogens is 316 g/mol. The minimum atomic E-state index is -3.44. The summed E-state index contributed by atoms with van der Waals surface area (Å²) in [7, 11) is -3.44. The fraction of sp³-hybridized carbons (Fsp3) is 0.667. The molecule has 0 amide bonds. The quantitative estimate of drug-likeness (QED) is 0.673. The number of ether oxygens (including phenoxy) is 1. The number of rotatable bonds is 8. The van der Waals surface area contributed by atoms with E-state index in [1.165, 1.54) is 4.31 Å². The first-order chi connectivity index (χ1) is 11.0. The number of aromatic nitrogens is 1. The van der Waals surface area contributed by atoms with Crippen molar-refractivity contribution in [1.82, 2.24) is 19.3 Å². The molecule has 130 valence electrons. The third kappa shape index (κ3) is 5.82. The van der Waals surface area contributed by atoms with Crippen LogP contribution < -0.4 is 10.0 Å². The highest BCUT2D eigenvalue weighted by molar-refractivity contribution is 7.87. The first-order valence-electron chi connectivity index (χ1n) is 7.96. The lowest BCUT2D eigenvalue weighted by Crippen LogP contribution is -2.54. The lowest BCUT2D eigenvalue weighted by molar-refractivity contribution is -0.0174. The summed E-state index contributed by atoms with van der Waals surface area (Å²) in [5.41, 5.74) is 1.12. The van der Waals surface area contributed by atoms with E-state index < -0.39 is 10.2 Å². The maximum Gasteiger partial charge on any atom is 0.279 e. The summed E-state index contributed by atoms with van der Waals surface area (Å²) in [4.78, 5) is 4.05. The first-order valence-corrected chi connectivity index (χ1v) is 9.40. The standard InChI is InChI=1S/C15H26N4O3S/c1-13-12-22-14(2)11-19(13)23(20,21)18-8-4-7-17-10-15-5-3-6-16-9-15/h3,5-6,9,13-14,17-18H,4,7-8,10-12H2,1-2H3/t13-,14+/m1/s1. The summed E-state index contributed by atoms with van der Waals surface area (Å²) in [6.45, 7) is 6.48. The molecule has 0 spiro atoms. The van der Waals surface area contributed by atoms with E-state index in [-0.39, 0.29) is 12.1 Å². The maximum absolute atomic E-state index is 12.3. The largest absolute Gasteiger partial charge is 0.375 e. The average molecular weight is 342 g/mol. The molecule has 2 atom stereocenters. The second kappa shape index (κ2) is 8.70. The van der Waals surface area contributed by atoms with Gasteiger partial charge in [-0.15, -0.1) is 0 Å². The van der Waals surface area contributed by atoms with E-state index in [4.69, 9.17) is 4.74 Å². The lowest BCUT2D eigenvalue weighted by atomic mass is 10.2. The monoisotopic (exact) mass is 342 g/mol. The van der Waals surface area contributed by atoms with Crippen molar-refractivity contribution in [2.45, 2.75) is 39.0 Å². The topological polar surface area (TPSA) is 83.6 Å². The van der Waals surface area contributed by atoms with E-state index in [9.17, 15) is 8.42 Å². The molecule has 0 radical (unpaired) electrons. The summed E-state index contributed by atoms with van der Waals surface area (Å²) < 4.78 is 34.3. The van der Waals surface area contributed by atoms with Crippen molar-refractivity contribution in [3.05, 3.63) is 30.1 Å². The molecule has 2 N–H and O–H groups in total. The molecular formula is C15H26N4O3S. The van der Waals surface area contributed by atoms with Crippen LogP contribution in [0.1, 0.15) is 25.8 Å². The molecule has 1 aromatic heterocycles. The van der Waals surface area contributed by atoms with Gasteiger partial charge in [-0.1, -0.05) is 6.07 Å². The molecule has 2 rings (SSSR count). The van der Waals surface area contributed by atoms with E-state index in [2.05, 4.69) is 15.0 Å². The highest BCUT2D eigenvalue weighted by Gasteiger charge is 2.32. The zero-order chi connectivity index (χ0) is 16.7. The summed E-state index contributed by atoms with van der Waals surface area (Å²) in [5.74, 6) is 0. The van der Waals surface area contributed by atoms with Crippen LogP contribution in [0.25, 0.3) is 0 Å². The van der Waals surface area contributed by atoms with Crippen LogP contribution in [0.3, 0.4) is 0 Å².